The van der Waals surface area contributed by atoms with Crippen LogP contribution in [-0.2, 0) is 6.42 Å². The van der Waals surface area contributed by atoms with Crippen LogP contribution >= 0.6 is 0 Å². The summed E-state index contributed by atoms with van der Waals surface area (Å²) in [6.07, 6.45) is -4.34. The molecule has 0 atom stereocenters. The van der Waals surface area contributed by atoms with Crippen molar-refractivity contribution in [1.82, 2.24) is 0 Å². The van der Waals surface area contributed by atoms with Crippen molar-refractivity contribution in [3.63, 3.8) is 0 Å². The van der Waals surface area contributed by atoms with E-state index in [0.29, 0.717) is 12.0 Å². The van der Waals surface area contributed by atoms with Gasteiger partial charge in [0.2, 0.25) is 5.91 Å². The topological polar surface area (TPSA) is 52.3 Å². The van der Waals surface area contributed by atoms with Gasteiger partial charge < -0.3 is 10.5 Å². The summed E-state index contributed by atoms with van der Waals surface area (Å²) in [5.74, 6) is -1.02. The second kappa shape index (κ2) is 4.42. The molecule has 0 saturated carbocycles. The van der Waals surface area contributed by atoms with Gasteiger partial charge in [0, 0.05) is 5.56 Å². The first-order valence-electron chi connectivity index (χ1n) is 4.52. The van der Waals surface area contributed by atoms with Crippen molar-refractivity contribution in [3.05, 3.63) is 29.3 Å². The predicted molar refractivity (Wildman–Crippen MR) is 51.0 cm³/mol. The molecule has 0 spiro atoms. The van der Waals surface area contributed by atoms with Crippen LogP contribution in [0.25, 0.3) is 0 Å². The van der Waals surface area contributed by atoms with Crippen LogP contribution in [0.15, 0.2) is 18.2 Å². The highest BCUT2D eigenvalue weighted by molar-refractivity contribution is 5.94. The maximum atomic E-state index is 11.9. The van der Waals surface area contributed by atoms with E-state index in [9.17, 15) is 18.0 Å². The van der Waals surface area contributed by atoms with E-state index in [2.05, 4.69) is 4.74 Å². The van der Waals surface area contributed by atoms with Crippen molar-refractivity contribution >= 4 is 5.91 Å². The van der Waals surface area contributed by atoms with Crippen molar-refractivity contribution in [2.24, 2.45) is 5.73 Å². The molecule has 16 heavy (non-hydrogen) atoms. The molecule has 0 aliphatic heterocycles. The zero-order valence-corrected chi connectivity index (χ0v) is 8.47. The second-order valence-corrected chi connectivity index (χ2v) is 3.08. The predicted octanol–water partition coefficient (Wildman–Crippen LogP) is 2.25. The van der Waals surface area contributed by atoms with Gasteiger partial charge in [0.1, 0.15) is 5.75 Å². The Labute approximate surface area is 90.0 Å². The van der Waals surface area contributed by atoms with Gasteiger partial charge in [0.25, 0.3) is 0 Å². The van der Waals surface area contributed by atoms with Gasteiger partial charge in [0.05, 0.1) is 0 Å². The molecule has 1 aromatic rings. The number of rotatable bonds is 3. The lowest BCUT2D eigenvalue weighted by Crippen LogP contribution is -2.18. The highest BCUT2D eigenvalue weighted by Gasteiger charge is 2.31. The van der Waals surface area contributed by atoms with Gasteiger partial charge in [-0.15, -0.1) is 13.2 Å². The van der Waals surface area contributed by atoms with Gasteiger partial charge in [-0.3, -0.25) is 4.79 Å². The largest absolute Gasteiger partial charge is 0.573 e. The van der Waals surface area contributed by atoms with Gasteiger partial charge in [-0.25, -0.2) is 0 Å². The Morgan fingerprint density at radius 2 is 2.06 bits per heavy atom. The van der Waals surface area contributed by atoms with Crippen molar-refractivity contribution in [2.45, 2.75) is 19.7 Å². The molecule has 0 unspecified atom stereocenters. The van der Waals surface area contributed by atoms with Crippen LogP contribution in [0.4, 0.5) is 13.2 Å². The summed E-state index contributed by atoms with van der Waals surface area (Å²) in [7, 11) is 0. The molecule has 0 bridgehead atoms. The summed E-state index contributed by atoms with van der Waals surface area (Å²) >= 11 is 0. The van der Waals surface area contributed by atoms with Crippen LogP contribution in [0, 0.1) is 0 Å². The van der Waals surface area contributed by atoms with E-state index in [-0.39, 0.29) is 11.3 Å². The fourth-order valence-corrected chi connectivity index (χ4v) is 1.30. The summed E-state index contributed by atoms with van der Waals surface area (Å²) in [4.78, 5) is 10.9. The number of primary amides is 1. The third kappa shape index (κ3) is 3.15. The van der Waals surface area contributed by atoms with E-state index >= 15 is 0 Å². The quantitative estimate of drug-likeness (QED) is 0.870. The molecule has 0 fully saturated rings. The highest BCUT2D eigenvalue weighted by Crippen LogP contribution is 2.25. The fraction of sp³-hybridized carbons (Fsp3) is 0.300. The molecule has 0 aliphatic rings. The summed E-state index contributed by atoms with van der Waals surface area (Å²) < 4.78 is 39.5. The minimum absolute atomic E-state index is 0.206. The number of carbonyl (C=O) groups excluding carboxylic acids is 1. The number of amides is 1. The molecule has 3 nitrogen and oxygen atoms in total. The molecule has 0 aromatic heterocycles. The fourth-order valence-electron chi connectivity index (χ4n) is 1.30. The number of ether oxygens (including phenoxy) is 1. The number of hydrogen-bond acceptors (Lipinski definition) is 2. The van der Waals surface area contributed by atoms with Gasteiger partial charge >= 0.3 is 6.36 Å². The molecule has 0 aliphatic carbocycles. The van der Waals surface area contributed by atoms with Crippen LogP contribution < -0.4 is 10.5 Å². The summed E-state index contributed by atoms with van der Waals surface area (Å²) in [6.45, 7) is 1.71. The maximum Gasteiger partial charge on any atom is 0.573 e. The second-order valence-electron chi connectivity index (χ2n) is 3.08. The van der Waals surface area contributed by atoms with Gasteiger partial charge in [0.15, 0.2) is 0 Å². The van der Waals surface area contributed by atoms with E-state index in [1.807, 2.05) is 0 Å². The minimum atomic E-state index is -4.74. The third-order valence-corrected chi connectivity index (χ3v) is 1.96. The zero-order valence-electron chi connectivity index (χ0n) is 8.47. The minimum Gasteiger partial charge on any atom is -0.406 e. The average Bonchev–Trinajstić information content (AvgIpc) is 2.14. The van der Waals surface area contributed by atoms with Crippen LogP contribution in [-0.4, -0.2) is 12.3 Å². The SMILES string of the molecule is CCc1cc(OC(F)(F)F)ccc1C(N)=O. The van der Waals surface area contributed by atoms with Crippen LogP contribution in [0.2, 0.25) is 0 Å². The molecule has 1 aromatic carbocycles. The normalized spacial score (nSPS) is 11.2. The van der Waals surface area contributed by atoms with Crippen molar-refractivity contribution in [2.75, 3.05) is 0 Å². The molecular formula is C10H10F3NO2. The Morgan fingerprint density at radius 1 is 1.44 bits per heavy atom. The van der Waals surface area contributed by atoms with Crippen LogP contribution in [0.3, 0.4) is 0 Å². The lowest BCUT2D eigenvalue weighted by molar-refractivity contribution is -0.274. The molecule has 2 N–H and O–H groups in total. The van der Waals surface area contributed by atoms with Gasteiger partial charge in [-0.1, -0.05) is 6.92 Å². The standard InChI is InChI=1S/C10H10F3NO2/c1-2-6-5-7(16-10(11,12)13)3-4-8(6)9(14)15/h3-5H,2H2,1H3,(H2,14,15). The van der Waals surface area contributed by atoms with Crippen molar-refractivity contribution in [1.29, 1.82) is 0 Å². The number of halogens is 3. The molecule has 88 valence electrons. The number of alkyl halides is 3. The van der Waals surface area contributed by atoms with Gasteiger partial charge in [-0.2, -0.15) is 0 Å². The Kier molecular flexibility index (Phi) is 3.41. The molecule has 0 radical (unpaired) electrons. The Bertz CT molecular complexity index is 402. The average molecular weight is 233 g/mol. The van der Waals surface area contributed by atoms with Gasteiger partial charge in [-0.05, 0) is 30.2 Å². The Balaban J connectivity index is 3.05. The summed E-state index contributed by atoms with van der Waals surface area (Å²) in [6, 6.07) is 3.45. The molecule has 1 amide bonds. The summed E-state index contributed by atoms with van der Waals surface area (Å²) in [5.41, 5.74) is 5.70. The number of carbonyl (C=O) groups is 1. The molecule has 6 heteroatoms. The monoisotopic (exact) mass is 233 g/mol. The zero-order chi connectivity index (χ0) is 12.3. The van der Waals surface area contributed by atoms with E-state index in [1.54, 1.807) is 6.92 Å². The first kappa shape index (κ1) is 12.4. The smallest absolute Gasteiger partial charge is 0.406 e. The van der Waals surface area contributed by atoms with E-state index in [1.165, 1.54) is 6.07 Å². The first-order chi connectivity index (χ1) is 7.33. The first-order valence-corrected chi connectivity index (χ1v) is 4.52. The third-order valence-electron chi connectivity index (χ3n) is 1.96. The molecule has 1 rings (SSSR count). The van der Waals surface area contributed by atoms with Crippen molar-refractivity contribution < 1.29 is 22.7 Å². The molecule has 0 heterocycles. The number of hydrogen-bond donors (Lipinski definition) is 1. The lowest BCUT2D eigenvalue weighted by atomic mass is 10.0. The van der Waals surface area contributed by atoms with E-state index in [4.69, 9.17) is 5.73 Å². The van der Waals surface area contributed by atoms with Crippen LogP contribution in [0.1, 0.15) is 22.8 Å². The molecule has 0 saturated heterocycles. The Hall–Kier alpha value is -1.72. The number of nitrogens with two attached hydrogens (primary N) is 1. The lowest BCUT2D eigenvalue weighted by Gasteiger charge is -2.11. The maximum absolute atomic E-state index is 11.9. The highest BCUT2D eigenvalue weighted by atomic mass is 19.4. The Morgan fingerprint density at radius 3 is 2.50 bits per heavy atom. The summed E-state index contributed by atoms with van der Waals surface area (Å²) in [5, 5.41) is 0. The number of benzene rings is 1. The van der Waals surface area contributed by atoms with E-state index in [0.717, 1.165) is 12.1 Å². The van der Waals surface area contributed by atoms with Crippen LogP contribution in [0.5, 0.6) is 5.75 Å². The van der Waals surface area contributed by atoms with E-state index < -0.39 is 12.3 Å². The number of aryl methyl sites for hydroxylation is 1. The van der Waals surface area contributed by atoms with Crippen molar-refractivity contribution in [3.8, 4) is 5.75 Å². The molecular weight excluding hydrogens is 223 g/mol.